The molecule has 0 aliphatic rings. The van der Waals surface area contributed by atoms with E-state index in [-0.39, 0.29) is 0 Å². The Morgan fingerprint density at radius 1 is 0.857 bits per heavy atom. The summed E-state index contributed by atoms with van der Waals surface area (Å²) in [6, 6.07) is 4.12. The predicted octanol–water partition coefficient (Wildman–Crippen LogP) is 5.36. The van der Waals surface area contributed by atoms with Gasteiger partial charge in [0, 0.05) is 5.56 Å². The van der Waals surface area contributed by atoms with Crippen molar-refractivity contribution >= 4 is 5.78 Å². The van der Waals surface area contributed by atoms with Gasteiger partial charge in [-0.15, -0.1) is 0 Å². The van der Waals surface area contributed by atoms with Gasteiger partial charge in [0.1, 0.15) is 0 Å². The number of carbonyl (C=O) groups is 1. The summed E-state index contributed by atoms with van der Waals surface area (Å²) in [4.78, 5) is 11.8. The van der Waals surface area contributed by atoms with Crippen LogP contribution in [0.15, 0.2) is 30.3 Å². The monoisotopic (exact) mass is 430 g/mol. The molecule has 0 aromatic heterocycles. The highest BCUT2D eigenvalue weighted by Gasteiger charge is 2.79. The molecule has 0 unspecified atom stereocenters. The molecule has 0 fully saturated rings. The number of halogens is 10. The van der Waals surface area contributed by atoms with Gasteiger partial charge in [-0.3, -0.25) is 9.53 Å². The lowest BCUT2D eigenvalue weighted by molar-refractivity contribution is -0.494. The summed E-state index contributed by atoms with van der Waals surface area (Å²) in [6.45, 7) is -0.253. The van der Waals surface area contributed by atoms with Gasteiger partial charge >= 0.3 is 30.2 Å². The van der Waals surface area contributed by atoms with Crippen molar-refractivity contribution < 1.29 is 58.2 Å². The lowest BCUT2D eigenvalue weighted by atomic mass is 10.0. The number of hydrogen-bond donors (Lipinski definition) is 0. The lowest BCUT2D eigenvalue weighted by Crippen LogP contribution is -2.64. The van der Waals surface area contributed by atoms with Crippen molar-refractivity contribution in [1.29, 1.82) is 0 Å². The molecule has 0 bridgehead atoms. The minimum atomic E-state index is -6.63. The first-order chi connectivity index (χ1) is 12.5. The summed E-state index contributed by atoms with van der Waals surface area (Å²) in [7, 11) is 0. The molecule has 1 aromatic rings. The Morgan fingerprint density at radius 3 is 1.75 bits per heavy atom. The normalized spacial score (nSPS) is 17.7. The molecule has 0 heterocycles. The highest BCUT2D eigenvalue weighted by molar-refractivity contribution is 6.02. The zero-order valence-corrected chi connectivity index (χ0v) is 13.8. The number of Topliss-reactive ketones (excluding diaryl/α,β-unsaturated/α-hetero) is 1. The van der Waals surface area contributed by atoms with Crippen LogP contribution in [0.1, 0.15) is 23.7 Å². The number of alkyl halides is 10. The van der Waals surface area contributed by atoms with Gasteiger partial charge in [0.05, 0.1) is 6.61 Å². The maximum Gasteiger partial charge on any atom is 0.457 e. The van der Waals surface area contributed by atoms with Crippen LogP contribution in [0.25, 0.3) is 0 Å². The standard InChI is InChI=1S/C15H12F10O3/c1-2-8-27-12(17,14(21,22)23)15(24,25)28-11(16,13(18,19)20)10(26)9-6-4-3-5-7-9/h3-7H,2,8H2,1H3/t11-,12+/m1/s1. The van der Waals surface area contributed by atoms with Crippen LogP contribution >= 0.6 is 0 Å². The number of benzene rings is 1. The number of ketones is 1. The van der Waals surface area contributed by atoms with E-state index < -0.39 is 54.5 Å². The van der Waals surface area contributed by atoms with E-state index in [1.165, 1.54) is 0 Å². The Balaban J connectivity index is 3.46. The van der Waals surface area contributed by atoms with Gasteiger partial charge in [-0.1, -0.05) is 37.3 Å². The SMILES string of the molecule is CCCO[C@@](F)(C(F)(F)F)C(F)(F)O[C@](F)(C(=O)c1ccccc1)C(F)(F)F. The maximum absolute atomic E-state index is 14.3. The van der Waals surface area contributed by atoms with Crippen LogP contribution in [0, 0.1) is 0 Å². The maximum atomic E-state index is 14.3. The average molecular weight is 430 g/mol. The van der Waals surface area contributed by atoms with E-state index in [1.807, 2.05) is 0 Å². The number of hydrogen-bond acceptors (Lipinski definition) is 3. The van der Waals surface area contributed by atoms with Crippen molar-refractivity contribution in [3.8, 4) is 0 Å². The summed E-state index contributed by atoms with van der Waals surface area (Å²) >= 11 is 0. The van der Waals surface area contributed by atoms with Crippen LogP contribution in [0.3, 0.4) is 0 Å². The van der Waals surface area contributed by atoms with Gasteiger partial charge < -0.3 is 4.74 Å². The molecule has 0 spiro atoms. The second-order valence-electron chi connectivity index (χ2n) is 5.35. The van der Waals surface area contributed by atoms with E-state index in [1.54, 1.807) is 0 Å². The fraction of sp³-hybridized carbons (Fsp3) is 0.533. The zero-order chi connectivity index (χ0) is 22.0. The van der Waals surface area contributed by atoms with E-state index >= 15 is 0 Å². The molecule has 28 heavy (non-hydrogen) atoms. The van der Waals surface area contributed by atoms with Gasteiger partial charge in [0.2, 0.25) is 5.78 Å². The lowest BCUT2D eigenvalue weighted by Gasteiger charge is -2.37. The first kappa shape index (κ1) is 24.1. The Labute approximate surface area is 151 Å². The predicted molar refractivity (Wildman–Crippen MR) is 72.8 cm³/mol. The van der Waals surface area contributed by atoms with Crippen molar-refractivity contribution in [2.24, 2.45) is 0 Å². The molecule has 13 heteroatoms. The van der Waals surface area contributed by atoms with Crippen molar-refractivity contribution in [3.63, 3.8) is 0 Å². The van der Waals surface area contributed by atoms with Crippen molar-refractivity contribution in [3.05, 3.63) is 35.9 Å². The third kappa shape index (κ3) is 4.40. The molecule has 160 valence electrons. The van der Waals surface area contributed by atoms with Crippen molar-refractivity contribution in [2.75, 3.05) is 6.61 Å². The molecule has 2 atom stereocenters. The van der Waals surface area contributed by atoms with Gasteiger partial charge in [-0.25, -0.2) is 0 Å². The van der Waals surface area contributed by atoms with Crippen LogP contribution in [0.2, 0.25) is 0 Å². The van der Waals surface area contributed by atoms with Crippen LogP contribution in [-0.2, 0) is 9.47 Å². The van der Waals surface area contributed by atoms with E-state index in [4.69, 9.17) is 0 Å². The molecule has 0 N–H and O–H groups in total. The third-order valence-electron chi connectivity index (χ3n) is 3.21. The highest BCUT2D eigenvalue weighted by atomic mass is 19.4. The van der Waals surface area contributed by atoms with Crippen LogP contribution in [0.4, 0.5) is 43.9 Å². The second kappa shape index (κ2) is 7.85. The first-order valence-electron chi connectivity index (χ1n) is 7.36. The molecule has 0 saturated heterocycles. The summed E-state index contributed by atoms with van der Waals surface area (Å²) in [6.07, 6.45) is -20.3. The quantitative estimate of drug-likeness (QED) is 0.412. The molecular weight excluding hydrogens is 418 g/mol. The van der Waals surface area contributed by atoms with Gasteiger partial charge in [0.15, 0.2) is 0 Å². The zero-order valence-electron chi connectivity index (χ0n) is 13.8. The first-order valence-corrected chi connectivity index (χ1v) is 7.36. The molecule has 0 radical (unpaired) electrons. The van der Waals surface area contributed by atoms with Crippen LogP contribution in [-0.4, -0.2) is 42.6 Å². The summed E-state index contributed by atoms with van der Waals surface area (Å²) in [5.74, 6) is -15.0. The smallest absolute Gasteiger partial charge is 0.332 e. The van der Waals surface area contributed by atoms with E-state index in [0.717, 1.165) is 25.1 Å². The molecule has 0 aliphatic heterocycles. The Morgan fingerprint density at radius 2 is 1.36 bits per heavy atom. The number of rotatable bonds is 8. The number of ether oxygens (including phenoxy) is 2. The van der Waals surface area contributed by atoms with Crippen LogP contribution < -0.4 is 0 Å². The topological polar surface area (TPSA) is 35.5 Å². The van der Waals surface area contributed by atoms with Crippen molar-refractivity contribution in [2.45, 2.75) is 43.5 Å². The molecule has 0 amide bonds. The Hall–Kier alpha value is -1.89. The van der Waals surface area contributed by atoms with Crippen LogP contribution in [0.5, 0.6) is 0 Å². The minimum absolute atomic E-state index is 0.458. The van der Waals surface area contributed by atoms with E-state index in [0.29, 0.717) is 12.1 Å². The van der Waals surface area contributed by atoms with Crippen molar-refractivity contribution in [1.82, 2.24) is 0 Å². The number of carbonyl (C=O) groups excluding carboxylic acids is 1. The average Bonchev–Trinajstić information content (AvgIpc) is 2.57. The third-order valence-corrected chi connectivity index (χ3v) is 3.21. The largest absolute Gasteiger partial charge is 0.457 e. The molecular formula is C15H12F10O3. The van der Waals surface area contributed by atoms with Gasteiger partial charge in [-0.05, 0) is 6.42 Å². The summed E-state index contributed by atoms with van der Waals surface area (Å²) in [5, 5.41) is 0. The highest BCUT2D eigenvalue weighted by Crippen LogP contribution is 2.51. The summed E-state index contributed by atoms with van der Waals surface area (Å²) in [5.41, 5.74) is -1.16. The second-order valence-corrected chi connectivity index (χ2v) is 5.35. The van der Waals surface area contributed by atoms with E-state index in [9.17, 15) is 48.7 Å². The van der Waals surface area contributed by atoms with Gasteiger partial charge in [0.25, 0.3) is 0 Å². The Bertz CT molecular complexity index is 673. The minimum Gasteiger partial charge on any atom is -0.332 e. The Kier molecular flexibility index (Phi) is 6.77. The van der Waals surface area contributed by atoms with Gasteiger partial charge in [-0.2, -0.15) is 43.9 Å². The van der Waals surface area contributed by atoms with E-state index in [2.05, 4.69) is 9.47 Å². The fourth-order valence-electron chi connectivity index (χ4n) is 1.82. The molecule has 0 aliphatic carbocycles. The molecule has 0 saturated carbocycles. The molecule has 3 nitrogen and oxygen atoms in total. The molecule has 1 rings (SSSR count). The molecule has 1 aromatic carbocycles. The summed E-state index contributed by atoms with van der Waals surface area (Å²) < 4.78 is 139. The fourth-order valence-corrected chi connectivity index (χ4v) is 1.82.